The van der Waals surface area contributed by atoms with Crippen molar-refractivity contribution >= 4 is 12.6 Å². The van der Waals surface area contributed by atoms with Gasteiger partial charge in [-0.05, 0) is 12.2 Å². The Morgan fingerprint density at radius 1 is 0.600 bits per heavy atom. The van der Waals surface area contributed by atoms with Crippen molar-refractivity contribution in [1.82, 2.24) is 0 Å². The molecule has 0 saturated carbocycles. The smallest absolute Gasteiger partial charge is 0.0781 e. The molecule has 0 heterocycles. The second kappa shape index (κ2) is 22.1. The molecule has 0 saturated heterocycles. The van der Waals surface area contributed by atoms with Crippen molar-refractivity contribution in [1.29, 1.82) is 0 Å². The highest BCUT2D eigenvalue weighted by Crippen LogP contribution is 1.94. The fourth-order valence-corrected chi connectivity index (χ4v) is 1.91. The summed E-state index contributed by atoms with van der Waals surface area (Å²) in [7, 11) is 0. The Hall–Kier alpha value is 0.0300. The normalized spacial score (nSPS) is 12.6. The van der Waals surface area contributed by atoms with E-state index in [1.54, 1.807) is 0 Å². The van der Waals surface area contributed by atoms with E-state index in [1.807, 2.05) is 0 Å². The van der Waals surface area contributed by atoms with E-state index in [0.717, 1.165) is 0 Å². The van der Waals surface area contributed by atoms with Crippen molar-refractivity contribution in [2.24, 2.45) is 0 Å². The highest BCUT2D eigenvalue weighted by Gasteiger charge is 2.02. The molecule has 0 radical (unpaired) electrons. The van der Waals surface area contributed by atoms with Crippen molar-refractivity contribution in [2.75, 3.05) is 91.6 Å². The van der Waals surface area contributed by atoms with Crippen LogP contribution in [0.4, 0.5) is 0 Å². The lowest BCUT2D eigenvalue weighted by molar-refractivity contribution is -0.0244. The maximum Gasteiger partial charge on any atom is 0.0781 e. The molecule has 1 atom stereocenters. The minimum Gasteiger partial charge on any atom is -0.394 e. The van der Waals surface area contributed by atoms with Crippen LogP contribution in [-0.4, -0.2) is 108 Å². The molecule has 1 unspecified atom stereocenters. The van der Waals surface area contributed by atoms with Crippen LogP contribution in [0.3, 0.4) is 0 Å². The monoisotopic (exact) mass is 386 g/mol. The fourth-order valence-electron chi connectivity index (χ4n) is 1.62. The number of aliphatic hydroxyl groups is 2. The molecular formula is C16H34O8S. The second-order valence-electron chi connectivity index (χ2n) is 5.03. The van der Waals surface area contributed by atoms with Crippen molar-refractivity contribution < 1.29 is 38.6 Å². The van der Waals surface area contributed by atoms with Gasteiger partial charge in [-0.15, -0.1) is 0 Å². The predicted molar refractivity (Wildman–Crippen MR) is 96.5 cm³/mol. The average molecular weight is 387 g/mol. The maximum atomic E-state index is 9.42. The summed E-state index contributed by atoms with van der Waals surface area (Å²) < 4.78 is 31.6. The van der Waals surface area contributed by atoms with E-state index in [-0.39, 0.29) is 6.61 Å². The Morgan fingerprint density at radius 3 is 1.32 bits per heavy atom. The van der Waals surface area contributed by atoms with Gasteiger partial charge in [0.1, 0.15) is 0 Å². The van der Waals surface area contributed by atoms with E-state index in [1.165, 1.54) is 0 Å². The largest absolute Gasteiger partial charge is 0.394 e. The van der Waals surface area contributed by atoms with Crippen LogP contribution in [0.1, 0.15) is 6.42 Å². The third kappa shape index (κ3) is 22.0. The lowest BCUT2D eigenvalue weighted by Gasteiger charge is -2.10. The van der Waals surface area contributed by atoms with E-state index in [0.29, 0.717) is 91.5 Å². The Balaban J connectivity index is 3.00. The summed E-state index contributed by atoms with van der Waals surface area (Å²) in [4.78, 5) is 0. The first-order valence-corrected chi connectivity index (χ1v) is 9.30. The van der Waals surface area contributed by atoms with Gasteiger partial charge in [-0.1, -0.05) is 0 Å². The SMILES string of the molecule is OCCOCCOCCOCCOCCOCCOCC(O)CCS. The quantitative estimate of drug-likeness (QED) is 0.184. The lowest BCUT2D eigenvalue weighted by atomic mass is 10.3. The van der Waals surface area contributed by atoms with Crippen LogP contribution in [0, 0.1) is 0 Å². The van der Waals surface area contributed by atoms with Crippen LogP contribution in [0.15, 0.2) is 0 Å². The molecule has 0 bridgehead atoms. The zero-order chi connectivity index (χ0) is 18.4. The first kappa shape index (κ1) is 25.0. The summed E-state index contributed by atoms with van der Waals surface area (Å²) >= 11 is 4.04. The summed E-state index contributed by atoms with van der Waals surface area (Å²) in [5, 5.41) is 17.9. The van der Waals surface area contributed by atoms with Gasteiger partial charge in [-0.25, -0.2) is 0 Å². The predicted octanol–water partition coefficient (Wildman–Crippen LogP) is -0.241. The molecule has 0 rings (SSSR count). The summed E-state index contributed by atoms with van der Waals surface area (Å²) in [5.74, 6) is 0.648. The fraction of sp³-hybridized carbons (Fsp3) is 1.00. The third-order valence-electron chi connectivity index (χ3n) is 2.87. The topological polar surface area (TPSA) is 95.8 Å². The lowest BCUT2D eigenvalue weighted by Crippen LogP contribution is -2.18. The molecule has 8 nitrogen and oxygen atoms in total. The zero-order valence-corrected chi connectivity index (χ0v) is 15.9. The van der Waals surface area contributed by atoms with Gasteiger partial charge in [0.2, 0.25) is 0 Å². The molecule has 152 valence electrons. The number of ether oxygens (including phenoxy) is 6. The summed E-state index contributed by atoms with van der Waals surface area (Å²) in [6, 6.07) is 0. The van der Waals surface area contributed by atoms with Crippen molar-refractivity contribution in [3.63, 3.8) is 0 Å². The maximum absolute atomic E-state index is 9.42. The average Bonchev–Trinajstić information content (AvgIpc) is 2.61. The Morgan fingerprint density at radius 2 is 0.960 bits per heavy atom. The van der Waals surface area contributed by atoms with E-state index < -0.39 is 6.10 Å². The summed E-state index contributed by atoms with van der Waals surface area (Å²) in [6.45, 7) is 5.64. The number of hydrogen-bond donors (Lipinski definition) is 3. The number of rotatable bonds is 21. The second-order valence-corrected chi connectivity index (χ2v) is 5.47. The van der Waals surface area contributed by atoms with Gasteiger partial charge in [-0.2, -0.15) is 12.6 Å². The Kier molecular flexibility index (Phi) is 22.1. The molecule has 25 heavy (non-hydrogen) atoms. The molecule has 0 aromatic heterocycles. The van der Waals surface area contributed by atoms with Gasteiger partial charge in [0, 0.05) is 0 Å². The van der Waals surface area contributed by atoms with Crippen LogP contribution in [-0.2, 0) is 28.4 Å². The number of hydrogen-bond acceptors (Lipinski definition) is 9. The standard InChI is InChI=1S/C16H34O8S/c17-2-3-19-4-5-20-6-7-21-8-9-22-10-11-23-12-13-24-15-16(18)1-14-25/h16-18,25H,1-15H2. The molecule has 0 aliphatic carbocycles. The first-order valence-electron chi connectivity index (χ1n) is 8.67. The molecule has 0 aliphatic heterocycles. The van der Waals surface area contributed by atoms with Crippen LogP contribution < -0.4 is 0 Å². The number of thiol groups is 1. The van der Waals surface area contributed by atoms with Gasteiger partial charge >= 0.3 is 0 Å². The van der Waals surface area contributed by atoms with Crippen LogP contribution in [0.2, 0.25) is 0 Å². The van der Waals surface area contributed by atoms with E-state index in [4.69, 9.17) is 33.5 Å². The van der Waals surface area contributed by atoms with Crippen LogP contribution in [0.25, 0.3) is 0 Å². The van der Waals surface area contributed by atoms with Crippen molar-refractivity contribution in [3.8, 4) is 0 Å². The first-order chi connectivity index (χ1) is 12.3. The van der Waals surface area contributed by atoms with Crippen molar-refractivity contribution in [3.05, 3.63) is 0 Å². The molecular weight excluding hydrogens is 352 g/mol. The van der Waals surface area contributed by atoms with Gasteiger partial charge in [-0.3, -0.25) is 0 Å². The highest BCUT2D eigenvalue weighted by atomic mass is 32.1. The van der Waals surface area contributed by atoms with E-state index >= 15 is 0 Å². The van der Waals surface area contributed by atoms with Gasteiger partial charge in [0.05, 0.1) is 92.0 Å². The van der Waals surface area contributed by atoms with E-state index in [9.17, 15) is 5.11 Å². The highest BCUT2D eigenvalue weighted by molar-refractivity contribution is 7.80. The molecule has 0 aromatic rings. The molecule has 0 fully saturated rings. The Labute approximate surface area is 156 Å². The summed E-state index contributed by atoms with van der Waals surface area (Å²) in [6.07, 6.45) is 0.177. The van der Waals surface area contributed by atoms with Crippen molar-refractivity contribution in [2.45, 2.75) is 12.5 Å². The van der Waals surface area contributed by atoms with Crippen LogP contribution >= 0.6 is 12.6 Å². The summed E-state index contributed by atoms with van der Waals surface area (Å²) in [5.41, 5.74) is 0. The minimum atomic E-state index is -0.453. The van der Waals surface area contributed by atoms with Gasteiger partial charge < -0.3 is 38.6 Å². The minimum absolute atomic E-state index is 0.0305. The van der Waals surface area contributed by atoms with Gasteiger partial charge in [0.25, 0.3) is 0 Å². The van der Waals surface area contributed by atoms with Gasteiger partial charge in [0.15, 0.2) is 0 Å². The van der Waals surface area contributed by atoms with E-state index in [2.05, 4.69) is 12.6 Å². The van der Waals surface area contributed by atoms with Crippen LogP contribution in [0.5, 0.6) is 0 Å². The Bertz CT molecular complexity index is 248. The molecule has 0 spiro atoms. The molecule has 2 N–H and O–H groups in total. The zero-order valence-electron chi connectivity index (χ0n) is 15.0. The molecule has 0 aromatic carbocycles. The third-order valence-corrected chi connectivity index (χ3v) is 3.13. The molecule has 0 aliphatic rings. The molecule has 0 amide bonds. The molecule has 9 heteroatoms. The number of aliphatic hydroxyl groups excluding tert-OH is 2.